The van der Waals surface area contributed by atoms with Crippen LogP contribution in [0.2, 0.25) is 0 Å². The summed E-state index contributed by atoms with van der Waals surface area (Å²) in [6.07, 6.45) is 12.9. The Morgan fingerprint density at radius 3 is 2.54 bits per heavy atom. The monoisotopic (exact) mass is 489 g/mol. The van der Waals surface area contributed by atoms with Gasteiger partial charge in [-0.15, -0.1) is 0 Å². The summed E-state index contributed by atoms with van der Waals surface area (Å²) in [6.45, 7) is 12.5. The number of hydrogen-bond acceptors (Lipinski definition) is 6. The smallest absolute Gasteiger partial charge is 0.181 e. The fourth-order valence-electron chi connectivity index (χ4n) is 4.22. The van der Waals surface area contributed by atoms with E-state index in [1.54, 1.807) is 12.5 Å². The van der Waals surface area contributed by atoms with Crippen molar-refractivity contribution < 1.29 is 0 Å². The van der Waals surface area contributed by atoms with Gasteiger partial charge in [0.25, 0.3) is 0 Å². The van der Waals surface area contributed by atoms with Gasteiger partial charge in [-0.3, -0.25) is 15.1 Å². The summed E-state index contributed by atoms with van der Waals surface area (Å²) in [5.41, 5.74) is 8.87. The number of nitrogens with zero attached hydrogens (tertiary/aromatic N) is 6. The molecule has 0 radical (unpaired) electrons. The molecule has 0 bridgehead atoms. The third-order valence-corrected chi connectivity index (χ3v) is 6.47. The number of pyridine rings is 3. The molecule has 0 amide bonds. The highest BCUT2D eigenvalue weighted by atomic mass is 15.2. The average molecular weight is 490 g/mol. The van der Waals surface area contributed by atoms with Crippen molar-refractivity contribution in [2.75, 3.05) is 5.32 Å². The van der Waals surface area contributed by atoms with Crippen LogP contribution in [0.5, 0.6) is 0 Å². The molecule has 0 aliphatic rings. The van der Waals surface area contributed by atoms with Gasteiger partial charge in [-0.2, -0.15) is 5.10 Å². The van der Waals surface area contributed by atoms with Crippen LogP contribution in [-0.4, -0.2) is 39.7 Å². The summed E-state index contributed by atoms with van der Waals surface area (Å²) in [6, 6.07) is 6.25. The summed E-state index contributed by atoms with van der Waals surface area (Å²) in [5, 5.41) is 12.9. The quantitative estimate of drug-likeness (QED) is 0.273. The van der Waals surface area contributed by atoms with Gasteiger partial charge >= 0.3 is 0 Å². The highest BCUT2D eigenvalue weighted by molar-refractivity contribution is 5.97. The maximum absolute atomic E-state index is 4.61. The lowest BCUT2D eigenvalue weighted by atomic mass is 9.93. The van der Waals surface area contributed by atoms with Crippen molar-refractivity contribution in [3.8, 4) is 28.2 Å². The fraction of sp³-hybridized carbons (Fsp3) is 0.179. The van der Waals surface area contributed by atoms with E-state index in [1.165, 1.54) is 0 Å². The lowest BCUT2D eigenvalue weighted by Gasteiger charge is -2.23. The molecule has 0 fully saturated rings. The summed E-state index contributed by atoms with van der Waals surface area (Å²) in [5.74, 6) is 0. The van der Waals surface area contributed by atoms with Crippen molar-refractivity contribution in [3.63, 3.8) is 0 Å². The average Bonchev–Trinajstić information content (AvgIpc) is 3.60. The number of anilines is 1. The summed E-state index contributed by atoms with van der Waals surface area (Å²) in [7, 11) is 0. The summed E-state index contributed by atoms with van der Waals surface area (Å²) < 4.78 is 1.98. The van der Waals surface area contributed by atoms with Gasteiger partial charge in [-0.25, -0.2) is 9.97 Å². The number of hydrogen-bond donors (Lipinski definition) is 3. The minimum Gasteiger partial charge on any atom is -0.358 e. The minimum absolute atomic E-state index is 0.0617. The number of aromatic nitrogens is 8. The zero-order valence-corrected chi connectivity index (χ0v) is 21.2. The van der Waals surface area contributed by atoms with Crippen LogP contribution in [0, 0.1) is 12.3 Å². The van der Waals surface area contributed by atoms with E-state index >= 15 is 0 Å². The Bertz CT molecular complexity index is 1780. The number of allylic oxidation sites excluding steroid dienone is 1. The van der Waals surface area contributed by atoms with Crippen molar-refractivity contribution in [2.24, 2.45) is 5.41 Å². The molecule has 9 heteroatoms. The second-order valence-corrected chi connectivity index (χ2v) is 10.2. The first-order chi connectivity index (χ1) is 17.8. The van der Waals surface area contributed by atoms with E-state index in [0.717, 1.165) is 61.6 Å². The number of rotatable bonds is 5. The Balaban J connectivity index is 1.40. The van der Waals surface area contributed by atoms with Crippen molar-refractivity contribution in [2.45, 2.75) is 27.7 Å². The van der Waals surface area contributed by atoms with Crippen LogP contribution in [-0.2, 0) is 0 Å². The second kappa shape index (κ2) is 8.41. The van der Waals surface area contributed by atoms with Gasteiger partial charge < -0.3 is 14.9 Å². The molecule has 6 aromatic heterocycles. The third kappa shape index (κ3) is 4.14. The molecule has 0 saturated heterocycles. The first-order valence-electron chi connectivity index (χ1n) is 12.0. The zero-order chi connectivity index (χ0) is 25.7. The maximum atomic E-state index is 4.61. The third-order valence-electron chi connectivity index (χ3n) is 6.47. The van der Waals surface area contributed by atoms with Crippen molar-refractivity contribution in [3.05, 3.63) is 79.7 Å². The number of aromatic amines is 2. The first-order valence-corrected chi connectivity index (χ1v) is 12.0. The van der Waals surface area contributed by atoms with Gasteiger partial charge in [0.1, 0.15) is 0 Å². The van der Waals surface area contributed by atoms with Crippen LogP contribution in [0.15, 0.2) is 74.0 Å². The molecule has 37 heavy (non-hydrogen) atoms. The second-order valence-electron chi connectivity index (χ2n) is 10.2. The number of nitrogens with one attached hydrogen (secondary N) is 3. The number of H-pyrrole nitrogens is 2. The molecule has 0 saturated carbocycles. The van der Waals surface area contributed by atoms with Gasteiger partial charge in [0, 0.05) is 51.6 Å². The molecule has 0 atom stereocenters. The number of fused-ring (bicyclic) bond motifs is 2. The Morgan fingerprint density at radius 1 is 0.946 bits per heavy atom. The van der Waals surface area contributed by atoms with Crippen LogP contribution in [0.1, 0.15) is 26.5 Å². The van der Waals surface area contributed by atoms with Crippen LogP contribution in [0.4, 0.5) is 5.69 Å². The zero-order valence-electron chi connectivity index (χ0n) is 21.2. The topological polar surface area (TPSA) is 113 Å². The minimum atomic E-state index is -0.0617. The van der Waals surface area contributed by atoms with E-state index in [4.69, 9.17) is 0 Å². The summed E-state index contributed by atoms with van der Waals surface area (Å²) in [4.78, 5) is 21.3. The highest BCUT2D eigenvalue weighted by Gasteiger charge is 2.17. The predicted octanol–water partition coefficient (Wildman–Crippen LogP) is 6.03. The molecule has 0 aliphatic carbocycles. The van der Waals surface area contributed by atoms with Crippen LogP contribution < -0.4 is 5.32 Å². The van der Waals surface area contributed by atoms with Gasteiger partial charge in [0.15, 0.2) is 5.65 Å². The predicted molar refractivity (Wildman–Crippen MR) is 146 cm³/mol. The van der Waals surface area contributed by atoms with Gasteiger partial charge in [-0.05, 0) is 25.1 Å². The molecule has 6 aromatic rings. The molecule has 0 unspecified atom stereocenters. The van der Waals surface area contributed by atoms with Crippen molar-refractivity contribution in [1.29, 1.82) is 0 Å². The van der Waals surface area contributed by atoms with E-state index < -0.39 is 0 Å². The molecule has 0 aliphatic heterocycles. The fourth-order valence-corrected chi connectivity index (χ4v) is 4.22. The van der Waals surface area contributed by atoms with Crippen molar-refractivity contribution in [1.82, 2.24) is 39.7 Å². The van der Waals surface area contributed by atoms with Crippen LogP contribution in [0.3, 0.4) is 0 Å². The molecule has 3 N–H and O–H groups in total. The van der Waals surface area contributed by atoms with E-state index in [1.807, 2.05) is 42.5 Å². The summed E-state index contributed by atoms with van der Waals surface area (Å²) >= 11 is 0. The molecular weight excluding hydrogens is 462 g/mol. The number of aryl methyl sites for hydroxylation is 1. The lowest BCUT2D eigenvalue weighted by molar-refractivity contribution is 0.509. The van der Waals surface area contributed by atoms with Crippen molar-refractivity contribution >= 4 is 27.6 Å². The molecule has 6 rings (SSSR count). The molecule has 0 aromatic carbocycles. The van der Waals surface area contributed by atoms with E-state index in [9.17, 15) is 0 Å². The van der Waals surface area contributed by atoms with Gasteiger partial charge in [0.2, 0.25) is 0 Å². The molecular formula is C28H27N9. The SMILES string of the molecule is C=C(Nc1cncc(-c2cnc3n[nH]c(-c4cc5c(-n6cnc(C)c6)cncc5[nH]4)c3c2)c1)C(C)(C)C. The lowest BCUT2D eigenvalue weighted by Crippen LogP contribution is -2.15. The largest absolute Gasteiger partial charge is 0.358 e. The Labute approximate surface area is 213 Å². The molecule has 184 valence electrons. The molecule has 9 nitrogen and oxygen atoms in total. The Kier molecular flexibility index (Phi) is 5.15. The first kappa shape index (κ1) is 22.7. The Hall–Kier alpha value is -4.79. The normalized spacial score (nSPS) is 11.9. The van der Waals surface area contributed by atoms with Gasteiger partial charge in [-0.1, -0.05) is 27.4 Å². The molecule has 6 heterocycles. The van der Waals surface area contributed by atoms with Crippen LogP contribution >= 0.6 is 0 Å². The molecule has 0 spiro atoms. The highest BCUT2D eigenvalue weighted by Crippen LogP contribution is 2.33. The van der Waals surface area contributed by atoms with E-state index in [0.29, 0.717) is 5.65 Å². The van der Waals surface area contributed by atoms with E-state index in [2.05, 4.69) is 86.0 Å². The van der Waals surface area contributed by atoms with E-state index in [-0.39, 0.29) is 5.41 Å². The van der Waals surface area contributed by atoms with Crippen LogP contribution in [0.25, 0.3) is 50.1 Å². The van der Waals surface area contributed by atoms with Gasteiger partial charge in [0.05, 0.1) is 58.9 Å². The standard InChI is InChI=1S/C28H27N9/c1-16-14-37(15-32-16)25-13-30-12-24-21(25)8-23(34-24)26-22-7-19(10-31-27(22)36-35-26)18-6-20(11-29-9-18)33-17(2)28(3,4)5/h6-15,33-34H,2H2,1,3-5H3,(H,31,35,36). The Morgan fingerprint density at radius 2 is 1.76 bits per heavy atom. The maximum Gasteiger partial charge on any atom is 0.181 e. The number of imidazole rings is 1.